The minimum absolute atomic E-state index is 0.117. The number of aryl methyl sites for hydroxylation is 1. The molecule has 106 valence electrons. The summed E-state index contributed by atoms with van der Waals surface area (Å²) in [6.45, 7) is 3.69. The van der Waals surface area contributed by atoms with E-state index in [0.29, 0.717) is 16.5 Å². The summed E-state index contributed by atoms with van der Waals surface area (Å²) in [6, 6.07) is 7.18. The van der Waals surface area contributed by atoms with Gasteiger partial charge in [0.15, 0.2) is 5.16 Å². The molecule has 1 atom stereocenters. The number of aromatic nitrogens is 3. The van der Waals surface area contributed by atoms with Crippen molar-refractivity contribution in [1.82, 2.24) is 14.8 Å². The summed E-state index contributed by atoms with van der Waals surface area (Å²) in [5.74, 6) is 0.695. The second-order valence-electron chi connectivity index (χ2n) is 4.43. The van der Waals surface area contributed by atoms with Gasteiger partial charge in [0.05, 0.1) is 16.6 Å². The van der Waals surface area contributed by atoms with Gasteiger partial charge >= 0.3 is 0 Å². The Morgan fingerprint density at radius 3 is 2.70 bits per heavy atom. The first-order chi connectivity index (χ1) is 9.49. The molecule has 1 unspecified atom stereocenters. The highest BCUT2D eigenvalue weighted by Gasteiger charge is 2.18. The third kappa shape index (κ3) is 3.11. The van der Waals surface area contributed by atoms with E-state index in [1.54, 1.807) is 12.1 Å². The highest BCUT2D eigenvalue weighted by Crippen LogP contribution is 2.23. The Morgan fingerprint density at radius 1 is 1.40 bits per heavy atom. The molecule has 1 heterocycles. The maximum atomic E-state index is 12.1. The van der Waals surface area contributed by atoms with Crippen LogP contribution in [0.2, 0.25) is 0 Å². The molecule has 0 aliphatic carbocycles. The Hall–Kier alpha value is -2.02. The normalized spacial score (nSPS) is 12.2. The maximum absolute atomic E-state index is 12.1. The second-order valence-corrected chi connectivity index (χ2v) is 5.73. The fraction of sp³-hybridized carbons (Fsp3) is 0.308. The minimum atomic E-state index is -0.295. The third-order valence-electron chi connectivity index (χ3n) is 2.92. The van der Waals surface area contributed by atoms with Gasteiger partial charge in [-0.25, -0.2) is 0 Å². The number of nitrogens with zero attached hydrogens (tertiary/aromatic N) is 3. The number of carbonyl (C=O) groups excluding carboxylic acids is 1. The van der Waals surface area contributed by atoms with Crippen molar-refractivity contribution in [1.29, 1.82) is 0 Å². The van der Waals surface area contributed by atoms with E-state index in [2.05, 4.69) is 15.5 Å². The quantitative estimate of drug-likeness (QED) is 0.663. The standard InChI is InChI=1S/C13H17N5OS/c1-8(20-13-17-16-9(2)18(13)3)12(19)15-11-7-5-4-6-10(11)14/h4-8H,14H2,1-3H3,(H,15,19). The zero-order chi connectivity index (χ0) is 14.7. The smallest absolute Gasteiger partial charge is 0.237 e. The Morgan fingerprint density at radius 2 is 2.10 bits per heavy atom. The van der Waals surface area contributed by atoms with Crippen molar-refractivity contribution in [3.05, 3.63) is 30.1 Å². The Bertz CT molecular complexity index is 625. The SMILES string of the molecule is Cc1nnc(SC(C)C(=O)Nc2ccccc2N)n1C. The van der Waals surface area contributed by atoms with Crippen molar-refractivity contribution in [3.8, 4) is 0 Å². The molecule has 0 radical (unpaired) electrons. The van der Waals surface area contributed by atoms with Crippen molar-refractivity contribution in [2.24, 2.45) is 7.05 Å². The van der Waals surface area contributed by atoms with E-state index in [1.807, 2.05) is 37.6 Å². The number of anilines is 2. The van der Waals surface area contributed by atoms with E-state index < -0.39 is 0 Å². The molecule has 0 aliphatic heterocycles. The first-order valence-electron chi connectivity index (χ1n) is 6.17. The van der Waals surface area contributed by atoms with E-state index in [1.165, 1.54) is 11.8 Å². The molecule has 1 aromatic heterocycles. The summed E-state index contributed by atoms with van der Waals surface area (Å²) in [5.41, 5.74) is 6.97. The number of rotatable bonds is 4. The van der Waals surface area contributed by atoms with Crippen molar-refractivity contribution >= 4 is 29.0 Å². The molecule has 6 nitrogen and oxygen atoms in total. The van der Waals surface area contributed by atoms with Crippen molar-refractivity contribution in [3.63, 3.8) is 0 Å². The van der Waals surface area contributed by atoms with Gasteiger partial charge in [0.1, 0.15) is 5.82 Å². The lowest BCUT2D eigenvalue weighted by atomic mass is 10.2. The zero-order valence-corrected chi connectivity index (χ0v) is 12.4. The molecule has 2 rings (SSSR count). The fourth-order valence-corrected chi connectivity index (χ4v) is 2.41. The van der Waals surface area contributed by atoms with E-state index in [9.17, 15) is 4.79 Å². The van der Waals surface area contributed by atoms with Crippen LogP contribution < -0.4 is 11.1 Å². The van der Waals surface area contributed by atoms with Gasteiger partial charge in [-0.05, 0) is 26.0 Å². The van der Waals surface area contributed by atoms with Gasteiger partial charge in [-0.15, -0.1) is 10.2 Å². The van der Waals surface area contributed by atoms with E-state index in [4.69, 9.17) is 5.73 Å². The number of benzene rings is 1. The Balaban J connectivity index is 2.03. The topological polar surface area (TPSA) is 85.8 Å². The van der Waals surface area contributed by atoms with Crippen LogP contribution in [-0.4, -0.2) is 25.9 Å². The number of amides is 1. The van der Waals surface area contributed by atoms with Crippen LogP contribution in [0.15, 0.2) is 29.4 Å². The average molecular weight is 291 g/mol. The Labute approximate surface area is 121 Å². The monoisotopic (exact) mass is 291 g/mol. The van der Waals surface area contributed by atoms with Gasteiger partial charge in [-0.3, -0.25) is 4.79 Å². The summed E-state index contributed by atoms with van der Waals surface area (Å²) < 4.78 is 1.85. The molecule has 1 amide bonds. The number of thioether (sulfide) groups is 1. The lowest BCUT2D eigenvalue weighted by Gasteiger charge is -2.12. The van der Waals surface area contributed by atoms with Gasteiger partial charge in [-0.1, -0.05) is 23.9 Å². The van der Waals surface area contributed by atoms with Crippen molar-refractivity contribution < 1.29 is 4.79 Å². The largest absolute Gasteiger partial charge is 0.397 e. The van der Waals surface area contributed by atoms with Gasteiger partial charge < -0.3 is 15.6 Å². The molecule has 20 heavy (non-hydrogen) atoms. The van der Waals surface area contributed by atoms with E-state index in [0.717, 1.165) is 5.82 Å². The number of nitrogens with one attached hydrogen (secondary N) is 1. The molecule has 0 fully saturated rings. The summed E-state index contributed by atoms with van der Waals surface area (Å²) in [6.07, 6.45) is 0. The second kappa shape index (κ2) is 5.96. The van der Waals surface area contributed by atoms with E-state index in [-0.39, 0.29) is 11.2 Å². The molecule has 3 N–H and O–H groups in total. The lowest BCUT2D eigenvalue weighted by molar-refractivity contribution is -0.115. The molecular weight excluding hydrogens is 274 g/mol. The van der Waals surface area contributed by atoms with Crippen LogP contribution in [-0.2, 0) is 11.8 Å². The number of hydrogen-bond acceptors (Lipinski definition) is 5. The lowest BCUT2D eigenvalue weighted by Crippen LogP contribution is -2.23. The molecule has 0 saturated heterocycles. The highest BCUT2D eigenvalue weighted by atomic mass is 32.2. The number of para-hydroxylation sites is 2. The molecule has 0 bridgehead atoms. The summed E-state index contributed by atoms with van der Waals surface area (Å²) in [7, 11) is 1.87. The highest BCUT2D eigenvalue weighted by molar-refractivity contribution is 8.00. The fourth-order valence-electron chi connectivity index (χ4n) is 1.55. The molecule has 0 spiro atoms. The van der Waals surface area contributed by atoms with Crippen LogP contribution >= 0.6 is 11.8 Å². The summed E-state index contributed by atoms with van der Waals surface area (Å²) >= 11 is 1.36. The van der Waals surface area contributed by atoms with Gasteiger partial charge in [-0.2, -0.15) is 0 Å². The number of hydrogen-bond donors (Lipinski definition) is 2. The maximum Gasteiger partial charge on any atom is 0.237 e. The molecule has 2 aromatic rings. The average Bonchev–Trinajstić information content (AvgIpc) is 2.73. The predicted molar refractivity (Wildman–Crippen MR) is 80.5 cm³/mol. The van der Waals surface area contributed by atoms with Gasteiger partial charge in [0.25, 0.3) is 0 Å². The Kier molecular flexibility index (Phi) is 4.29. The van der Waals surface area contributed by atoms with Crippen LogP contribution in [0.3, 0.4) is 0 Å². The van der Waals surface area contributed by atoms with Crippen LogP contribution in [0.4, 0.5) is 11.4 Å². The van der Waals surface area contributed by atoms with Crippen LogP contribution in [0.5, 0.6) is 0 Å². The molecule has 7 heteroatoms. The van der Waals surface area contributed by atoms with Crippen LogP contribution in [0.25, 0.3) is 0 Å². The summed E-state index contributed by atoms with van der Waals surface area (Å²) in [4.78, 5) is 12.1. The van der Waals surface area contributed by atoms with Crippen LogP contribution in [0.1, 0.15) is 12.7 Å². The van der Waals surface area contributed by atoms with E-state index >= 15 is 0 Å². The third-order valence-corrected chi connectivity index (χ3v) is 4.06. The van der Waals surface area contributed by atoms with Gasteiger partial charge in [0, 0.05) is 7.05 Å². The van der Waals surface area contributed by atoms with Gasteiger partial charge in [0.2, 0.25) is 5.91 Å². The minimum Gasteiger partial charge on any atom is -0.397 e. The molecule has 1 aromatic carbocycles. The first kappa shape index (κ1) is 14.4. The van der Waals surface area contributed by atoms with Crippen LogP contribution in [0, 0.1) is 6.92 Å². The predicted octanol–water partition coefficient (Wildman–Crippen LogP) is 1.83. The first-order valence-corrected chi connectivity index (χ1v) is 7.05. The molecular formula is C13H17N5OS. The van der Waals surface area contributed by atoms with Crippen molar-refractivity contribution in [2.75, 3.05) is 11.1 Å². The zero-order valence-electron chi connectivity index (χ0n) is 11.6. The summed E-state index contributed by atoms with van der Waals surface area (Å²) in [5, 5.41) is 11.2. The number of nitrogen functional groups attached to an aromatic ring is 1. The molecule has 0 saturated carbocycles. The van der Waals surface area contributed by atoms with Crippen molar-refractivity contribution in [2.45, 2.75) is 24.3 Å². The number of carbonyl (C=O) groups is 1. The number of nitrogens with two attached hydrogens (primary N) is 1. The molecule has 0 aliphatic rings.